The van der Waals surface area contributed by atoms with E-state index in [9.17, 15) is 13.2 Å². The lowest BCUT2D eigenvalue weighted by atomic mass is 9.64. The lowest BCUT2D eigenvalue weighted by Crippen LogP contribution is -2.59. The van der Waals surface area contributed by atoms with Crippen molar-refractivity contribution >= 4 is 15.8 Å². The quantitative estimate of drug-likeness (QED) is 0.417. The molecule has 2 aliphatic heterocycles. The van der Waals surface area contributed by atoms with E-state index in [0.29, 0.717) is 18.8 Å². The monoisotopic (exact) mass is 624 g/mol. The van der Waals surface area contributed by atoms with Gasteiger partial charge in [0.1, 0.15) is 5.75 Å². The third-order valence-electron chi connectivity index (χ3n) is 8.81. The van der Waals surface area contributed by atoms with E-state index in [1.54, 1.807) is 24.3 Å². The van der Waals surface area contributed by atoms with Gasteiger partial charge < -0.3 is 29.6 Å². The number of hydrogen-bond acceptors (Lipinski definition) is 9. The first-order chi connectivity index (χ1) is 20.0. The molecule has 0 bridgehead atoms. The van der Waals surface area contributed by atoms with Gasteiger partial charge in [0.25, 0.3) is 0 Å². The fraction of sp³-hybridized carbons (Fsp3) is 0.788. The molecule has 0 aromatic heterocycles. The van der Waals surface area contributed by atoms with Gasteiger partial charge in [0.15, 0.2) is 22.2 Å². The van der Waals surface area contributed by atoms with Crippen molar-refractivity contribution in [3.63, 3.8) is 0 Å². The number of ether oxygens (including phenoxy) is 4. The zero-order valence-corrected chi connectivity index (χ0v) is 28.6. The molecule has 0 amide bonds. The van der Waals surface area contributed by atoms with Crippen molar-refractivity contribution in [3.8, 4) is 5.75 Å². The Morgan fingerprint density at radius 2 is 1.63 bits per heavy atom. The van der Waals surface area contributed by atoms with Gasteiger partial charge in [-0.1, -0.05) is 27.7 Å². The molecule has 0 aliphatic carbocycles. The van der Waals surface area contributed by atoms with E-state index in [4.69, 9.17) is 18.9 Å². The molecule has 0 saturated carbocycles. The number of benzene rings is 1. The Bertz CT molecular complexity index is 1150. The highest BCUT2D eigenvalue weighted by Crippen LogP contribution is 2.47. The largest absolute Gasteiger partial charge is 0.483 e. The predicted molar refractivity (Wildman–Crippen MR) is 169 cm³/mol. The van der Waals surface area contributed by atoms with Gasteiger partial charge in [-0.3, -0.25) is 4.79 Å². The molecule has 5 atom stereocenters. The van der Waals surface area contributed by atoms with Crippen molar-refractivity contribution in [2.75, 3.05) is 33.0 Å². The number of nitrogens with one attached hydrogen (secondary N) is 2. The molecule has 2 saturated heterocycles. The van der Waals surface area contributed by atoms with Gasteiger partial charge in [-0.25, -0.2) is 8.42 Å². The average Bonchev–Trinajstić information content (AvgIpc) is 2.90. The fourth-order valence-electron chi connectivity index (χ4n) is 7.00. The van der Waals surface area contributed by atoms with Gasteiger partial charge in [-0.15, -0.1) is 0 Å². The summed E-state index contributed by atoms with van der Waals surface area (Å²) in [6.45, 7) is 17.0. The lowest BCUT2D eigenvalue weighted by Gasteiger charge is -2.50. The van der Waals surface area contributed by atoms with E-state index in [-0.39, 0.29) is 34.5 Å². The summed E-state index contributed by atoms with van der Waals surface area (Å²) in [7, 11) is -1.42. The van der Waals surface area contributed by atoms with Crippen LogP contribution in [0.1, 0.15) is 87.0 Å². The fourth-order valence-corrected chi connectivity index (χ4v) is 7.63. The molecule has 246 valence electrons. The maximum Gasteiger partial charge on any atom is 0.311 e. The van der Waals surface area contributed by atoms with Crippen molar-refractivity contribution in [2.45, 2.75) is 123 Å². The second kappa shape index (κ2) is 14.6. The zero-order valence-electron chi connectivity index (χ0n) is 27.8. The summed E-state index contributed by atoms with van der Waals surface area (Å²) in [6, 6.07) is 6.41. The summed E-state index contributed by atoms with van der Waals surface area (Å²) in [4.78, 5) is 13.5. The number of cyclic esters (lactones) is 1. The minimum absolute atomic E-state index is 0.0626. The van der Waals surface area contributed by atoms with Crippen LogP contribution in [-0.4, -0.2) is 78.0 Å². The maximum atomic E-state index is 13.2. The van der Waals surface area contributed by atoms with Gasteiger partial charge in [0.05, 0.1) is 35.2 Å². The Hall–Kier alpha value is -1.72. The first-order valence-electron chi connectivity index (χ1n) is 15.8. The lowest BCUT2D eigenvalue weighted by molar-refractivity contribution is -0.285. The van der Waals surface area contributed by atoms with Crippen LogP contribution in [0.2, 0.25) is 0 Å². The predicted octanol–water partition coefficient (Wildman–Crippen LogP) is 5.12. The van der Waals surface area contributed by atoms with Crippen molar-refractivity contribution in [2.24, 2.45) is 16.2 Å². The van der Waals surface area contributed by atoms with E-state index in [1.807, 2.05) is 27.8 Å². The topological polar surface area (TPSA) is 112 Å². The number of carbonyl (C=O) groups excluding carboxylic acids is 1. The molecule has 2 aliphatic rings. The number of hydrogen-bond donors (Lipinski definition) is 2. The molecule has 9 nitrogen and oxygen atoms in total. The van der Waals surface area contributed by atoms with E-state index < -0.39 is 33.1 Å². The minimum Gasteiger partial charge on any atom is -0.483 e. The maximum absolute atomic E-state index is 13.2. The number of carbonyl (C=O) groups is 1. The molecule has 10 heteroatoms. The van der Waals surface area contributed by atoms with Gasteiger partial charge in [-0.05, 0) is 115 Å². The Morgan fingerprint density at radius 3 is 2.26 bits per heavy atom. The van der Waals surface area contributed by atoms with Crippen LogP contribution in [0.5, 0.6) is 5.75 Å². The normalized spacial score (nSPS) is 30.8. The van der Waals surface area contributed by atoms with E-state index in [0.717, 1.165) is 45.2 Å². The van der Waals surface area contributed by atoms with Crippen LogP contribution in [-0.2, 0) is 28.8 Å². The summed E-state index contributed by atoms with van der Waals surface area (Å²) in [5, 5.41) is 6.92. The Balaban J connectivity index is 1.96. The van der Waals surface area contributed by atoms with Crippen molar-refractivity contribution in [3.05, 3.63) is 24.3 Å². The minimum atomic E-state index is -3.32. The molecule has 1 aromatic rings. The van der Waals surface area contributed by atoms with Crippen LogP contribution >= 0.6 is 0 Å². The summed E-state index contributed by atoms with van der Waals surface area (Å²) >= 11 is 0. The third kappa shape index (κ3) is 9.88. The first kappa shape index (κ1) is 35.8. The molecule has 1 aromatic carbocycles. The van der Waals surface area contributed by atoms with E-state index in [2.05, 4.69) is 38.3 Å². The van der Waals surface area contributed by atoms with Gasteiger partial charge in [-0.2, -0.15) is 0 Å². The van der Waals surface area contributed by atoms with Crippen molar-refractivity contribution in [1.29, 1.82) is 0 Å². The number of esters is 1. The molecule has 2 heterocycles. The van der Waals surface area contributed by atoms with Crippen LogP contribution < -0.4 is 15.4 Å². The Morgan fingerprint density at radius 1 is 0.977 bits per heavy atom. The second-order valence-corrected chi connectivity index (χ2v) is 16.5. The molecular weight excluding hydrogens is 568 g/mol. The molecule has 0 spiro atoms. The van der Waals surface area contributed by atoms with E-state index >= 15 is 0 Å². The molecule has 3 rings (SSSR count). The summed E-state index contributed by atoms with van der Waals surface area (Å²) in [6.07, 6.45) is 4.67. The number of sulfone groups is 1. The molecule has 2 fully saturated rings. The van der Waals surface area contributed by atoms with Crippen molar-refractivity contribution in [1.82, 2.24) is 10.6 Å². The van der Waals surface area contributed by atoms with Gasteiger partial charge in [0, 0.05) is 6.26 Å². The van der Waals surface area contributed by atoms with Gasteiger partial charge >= 0.3 is 5.97 Å². The standard InChI is InChI=1S/C33H56N2O7S/c1-23-21-26(34-8)27(41-24-13-15-25(16-14-24)43(9,37)38)28(40-23)42-29-31(2,3)17-12-19-35-18-10-11-20-39-30(36)33(6,7)22-32(29,4)5/h13-16,23,26-29,34-35H,10-12,17-22H2,1-9H3/t23-,26+,27-,28+,29?/m1/s1. The molecule has 1 unspecified atom stereocenters. The molecule has 43 heavy (non-hydrogen) atoms. The summed E-state index contributed by atoms with van der Waals surface area (Å²) < 4.78 is 49.8. The third-order valence-corrected chi connectivity index (χ3v) is 9.94. The number of likely N-dealkylation sites (N-methyl/N-ethyl adjacent to an activating group) is 1. The van der Waals surface area contributed by atoms with Gasteiger partial charge in [0.2, 0.25) is 0 Å². The van der Waals surface area contributed by atoms with Crippen LogP contribution in [0.4, 0.5) is 0 Å². The van der Waals surface area contributed by atoms with E-state index in [1.165, 1.54) is 6.26 Å². The highest BCUT2D eigenvalue weighted by molar-refractivity contribution is 7.90. The summed E-state index contributed by atoms with van der Waals surface area (Å²) in [5.41, 5.74) is -1.39. The highest BCUT2D eigenvalue weighted by atomic mass is 32.2. The number of rotatable bonds is 6. The van der Waals surface area contributed by atoms with Crippen LogP contribution in [0.25, 0.3) is 0 Å². The SMILES string of the molecule is CN[C@H]1C[C@@H](C)O[C@@H](OC2C(C)(C)CCCNCCCCOC(=O)C(C)(C)CC2(C)C)[C@@H]1Oc1ccc(S(C)(=O)=O)cc1. The summed E-state index contributed by atoms with van der Waals surface area (Å²) in [5.74, 6) is 0.358. The Labute approximate surface area is 260 Å². The Kier molecular flexibility index (Phi) is 12.1. The van der Waals surface area contributed by atoms with Crippen molar-refractivity contribution < 1.29 is 32.2 Å². The average molecular weight is 625 g/mol. The first-order valence-corrected chi connectivity index (χ1v) is 17.7. The molecule has 2 N–H and O–H groups in total. The molecular formula is C33H56N2O7S. The smallest absolute Gasteiger partial charge is 0.311 e. The zero-order chi connectivity index (χ0) is 32.1. The molecule has 0 radical (unpaired) electrons. The van der Waals surface area contributed by atoms with Crippen LogP contribution in [0.15, 0.2) is 29.2 Å². The van der Waals surface area contributed by atoms with Crippen LogP contribution in [0, 0.1) is 16.2 Å². The highest BCUT2D eigenvalue weighted by Gasteiger charge is 2.50. The van der Waals surface area contributed by atoms with Crippen LogP contribution in [0.3, 0.4) is 0 Å². The second-order valence-electron chi connectivity index (χ2n) is 14.5.